The molecule has 1 aliphatic heterocycles. The highest BCUT2D eigenvalue weighted by atomic mass is 79.9. The van der Waals surface area contributed by atoms with E-state index < -0.39 is 0 Å². The van der Waals surface area contributed by atoms with E-state index in [9.17, 15) is 4.79 Å². The van der Waals surface area contributed by atoms with Crippen molar-refractivity contribution in [3.8, 4) is 0 Å². The maximum Gasteiger partial charge on any atom is 0.276 e. The van der Waals surface area contributed by atoms with Gasteiger partial charge in [0.05, 0.1) is 11.4 Å². The number of hydrogen-bond donors (Lipinski definition) is 4. The zero-order chi connectivity index (χ0) is 15.0. The summed E-state index contributed by atoms with van der Waals surface area (Å²) in [5.74, 6) is -0.250. The Labute approximate surface area is 130 Å². The first kappa shape index (κ1) is 14.1. The number of hydrogen-bond acceptors (Lipinski definition) is 4. The zero-order valence-corrected chi connectivity index (χ0v) is 13.2. The van der Waals surface area contributed by atoms with E-state index in [1.807, 2.05) is 13.0 Å². The van der Waals surface area contributed by atoms with Crippen LogP contribution in [0.5, 0.6) is 0 Å². The quantitative estimate of drug-likeness (QED) is 0.623. The van der Waals surface area contributed by atoms with E-state index in [1.54, 1.807) is 6.07 Å². The Morgan fingerprint density at radius 3 is 3.10 bits per heavy atom. The largest absolute Gasteiger partial charge is 0.397 e. The second-order valence-corrected chi connectivity index (χ2v) is 6.01. The van der Waals surface area contributed by atoms with E-state index >= 15 is 0 Å². The van der Waals surface area contributed by atoms with Crippen LogP contribution < -0.4 is 16.4 Å². The minimum Gasteiger partial charge on any atom is -0.397 e. The molecule has 1 aliphatic rings. The van der Waals surface area contributed by atoms with Gasteiger partial charge in [-0.05, 0) is 24.6 Å². The Balaban J connectivity index is 1.89. The summed E-state index contributed by atoms with van der Waals surface area (Å²) in [6.45, 7) is 3.45. The molecule has 0 bridgehead atoms. The number of fused-ring (bicyclic) bond motifs is 1. The lowest BCUT2D eigenvalue weighted by molar-refractivity contribution is 0.102. The van der Waals surface area contributed by atoms with Gasteiger partial charge in [0.1, 0.15) is 0 Å². The van der Waals surface area contributed by atoms with Gasteiger partial charge in [-0.25, -0.2) is 0 Å². The van der Waals surface area contributed by atoms with Crippen LogP contribution in [0.3, 0.4) is 0 Å². The predicted molar refractivity (Wildman–Crippen MR) is 85.2 cm³/mol. The van der Waals surface area contributed by atoms with Gasteiger partial charge in [0, 0.05) is 35.2 Å². The van der Waals surface area contributed by atoms with Gasteiger partial charge < -0.3 is 16.4 Å². The van der Waals surface area contributed by atoms with Gasteiger partial charge in [-0.15, -0.1) is 0 Å². The molecule has 0 unspecified atom stereocenters. The van der Waals surface area contributed by atoms with Crippen LogP contribution >= 0.6 is 15.9 Å². The van der Waals surface area contributed by atoms with E-state index in [4.69, 9.17) is 5.73 Å². The molecule has 3 rings (SSSR count). The van der Waals surface area contributed by atoms with Crippen molar-refractivity contribution in [2.75, 3.05) is 17.6 Å². The summed E-state index contributed by atoms with van der Waals surface area (Å²) in [6, 6.07) is 3.70. The molecule has 110 valence electrons. The molecule has 7 heteroatoms. The number of rotatable bonds is 2. The van der Waals surface area contributed by atoms with Crippen molar-refractivity contribution in [3.63, 3.8) is 0 Å². The predicted octanol–water partition coefficient (Wildman–Crippen LogP) is 1.96. The fraction of sp³-hybridized carbons (Fsp3) is 0.286. The molecular weight excluding hydrogens is 334 g/mol. The summed E-state index contributed by atoms with van der Waals surface area (Å²) in [7, 11) is 0. The van der Waals surface area contributed by atoms with Gasteiger partial charge >= 0.3 is 0 Å². The lowest BCUT2D eigenvalue weighted by Crippen LogP contribution is -2.25. The fourth-order valence-electron chi connectivity index (χ4n) is 2.45. The highest BCUT2D eigenvalue weighted by Crippen LogP contribution is 2.28. The first-order chi connectivity index (χ1) is 10.1. The van der Waals surface area contributed by atoms with Crippen molar-refractivity contribution >= 4 is 33.2 Å². The lowest BCUT2D eigenvalue weighted by Gasteiger charge is -2.14. The Hall–Kier alpha value is -1.86. The van der Waals surface area contributed by atoms with Crippen LogP contribution in [0.15, 0.2) is 16.6 Å². The standard InChI is InChI=1S/C14H16BrN5O/c1-7-4-8(15)5-11(12(7)16)18-14(21)13-9-6-17-3-2-10(9)19-20-13/h4-5,17H,2-3,6,16H2,1H3,(H,18,21)(H,19,20). The number of nitrogens with zero attached hydrogens (tertiary/aromatic N) is 1. The highest BCUT2D eigenvalue weighted by molar-refractivity contribution is 9.10. The number of aryl methyl sites for hydroxylation is 1. The van der Waals surface area contributed by atoms with Crippen molar-refractivity contribution in [1.82, 2.24) is 15.5 Å². The van der Waals surface area contributed by atoms with E-state index in [2.05, 4.69) is 36.8 Å². The Morgan fingerprint density at radius 2 is 2.29 bits per heavy atom. The molecule has 2 aromatic rings. The third kappa shape index (κ3) is 2.66. The van der Waals surface area contributed by atoms with Gasteiger partial charge in [-0.2, -0.15) is 5.10 Å². The average Bonchev–Trinajstić information content (AvgIpc) is 2.88. The van der Waals surface area contributed by atoms with Gasteiger partial charge in [-0.1, -0.05) is 15.9 Å². The first-order valence-corrected chi connectivity index (χ1v) is 7.49. The smallest absolute Gasteiger partial charge is 0.276 e. The van der Waals surface area contributed by atoms with Crippen molar-refractivity contribution in [2.24, 2.45) is 0 Å². The second kappa shape index (κ2) is 5.50. The molecule has 0 fully saturated rings. The third-order valence-electron chi connectivity index (χ3n) is 3.62. The number of carbonyl (C=O) groups excluding carboxylic acids is 1. The third-order valence-corrected chi connectivity index (χ3v) is 4.08. The number of anilines is 2. The Bertz CT molecular complexity index is 710. The van der Waals surface area contributed by atoms with Crippen molar-refractivity contribution in [2.45, 2.75) is 19.9 Å². The summed E-state index contributed by atoms with van der Waals surface area (Å²) in [4.78, 5) is 12.4. The number of benzene rings is 1. The Morgan fingerprint density at radius 1 is 1.48 bits per heavy atom. The second-order valence-electron chi connectivity index (χ2n) is 5.09. The molecule has 1 aromatic carbocycles. The van der Waals surface area contributed by atoms with Crippen molar-refractivity contribution in [3.05, 3.63) is 39.1 Å². The maximum atomic E-state index is 12.4. The molecule has 6 nitrogen and oxygen atoms in total. The fourth-order valence-corrected chi connectivity index (χ4v) is 3.02. The number of nitrogen functional groups attached to an aromatic ring is 1. The Kier molecular flexibility index (Phi) is 3.69. The highest BCUT2D eigenvalue weighted by Gasteiger charge is 2.22. The van der Waals surface area contributed by atoms with Crippen LogP contribution in [0.2, 0.25) is 0 Å². The maximum absolute atomic E-state index is 12.4. The van der Waals surface area contributed by atoms with Crippen LogP contribution in [0.1, 0.15) is 27.3 Å². The molecule has 0 spiro atoms. The average molecular weight is 350 g/mol. The molecule has 1 amide bonds. The number of H-pyrrole nitrogens is 1. The number of carbonyl (C=O) groups is 1. The molecule has 1 aromatic heterocycles. The molecule has 0 radical (unpaired) electrons. The molecule has 0 saturated carbocycles. The summed E-state index contributed by atoms with van der Waals surface area (Å²) in [5, 5.41) is 13.2. The number of halogens is 1. The summed E-state index contributed by atoms with van der Waals surface area (Å²) in [6.07, 6.45) is 0.855. The van der Waals surface area contributed by atoms with Gasteiger partial charge in [-0.3, -0.25) is 9.89 Å². The van der Waals surface area contributed by atoms with Crippen molar-refractivity contribution in [1.29, 1.82) is 0 Å². The molecule has 5 N–H and O–H groups in total. The SMILES string of the molecule is Cc1cc(Br)cc(NC(=O)c2n[nH]c3c2CNCC3)c1N. The van der Waals surface area contributed by atoms with E-state index in [-0.39, 0.29) is 5.91 Å². The number of aromatic amines is 1. The number of nitrogens with two attached hydrogens (primary N) is 1. The topological polar surface area (TPSA) is 95.8 Å². The van der Waals surface area contributed by atoms with Crippen LogP contribution in [0.25, 0.3) is 0 Å². The van der Waals surface area contributed by atoms with Crippen LogP contribution in [0.4, 0.5) is 11.4 Å². The van der Waals surface area contributed by atoms with Crippen LogP contribution in [-0.4, -0.2) is 22.6 Å². The molecular formula is C14H16BrN5O. The minimum absolute atomic E-state index is 0.250. The van der Waals surface area contributed by atoms with E-state index in [1.165, 1.54) is 0 Å². The van der Waals surface area contributed by atoms with Crippen molar-refractivity contribution < 1.29 is 4.79 Å². The summed E-state index contributed by atoms with van der Waals surface area (Å²) < 4.78 is 0.871. The molecule has 0 atom stereocenters. The van der Waals surface area contributed by atoms with Crippen LogP contribution in [-0.2, 0) is 13.0 Å². The number of amides is 1. The molecule has 0 saturated heterocycles. The summed E-state index contributed by atoms with van der Waals surface area (Å²) >= 11 is 3.41. The first-order valence-electron chi connectivity index (χ1n) is 6.70. The monoisotopic (exact) mass is 349 g/mol. The van der Waals surface area contributed by atoms with E-state index in [0.717, 1.165) is 34.3 Å². The molecule has 2 heterocycles. The number of nitrogens with one attached hydrogen (secondary N) is 3. The van der Waals surface area contributed by atoms with Crippen LogP contribution in [0, 0.1) is 6.92 Å². The molecule has 21 heavy (non-hydrogen) atoms. The normalized spacial score (nSPS) is 13.8. The number of aromatic nitrogens is 2. The van der Waals surface area contributed by atoms with Gasteiger partial charge in [0.25, 0.3) is 5.91 Å². The van der Waals surface area contributed by atoms with Gasteiger partial charge in [0.15, 0.2) is 5.69 Å². The molecule has 0 aliphatic carbocycles. The van der Waals surface area contributed by atoms with Gasteiger partial charge in [0.2, 0.25) is 0 Å². The lowest BCUT2D eigenvalue weighted by atomic mass is 10.1. The zero-order valence-electron chi connectivity index (χ0n) is 11.6. The van der Waals surface area contributed by atoms with E-state index in [0.29, 0.717) is 23.6 Å². The summed E-state index contributed by atoms with van der Waals surface area (Å²) in [5.41, 5.74) is 10.5. The minimum atomic E-state index is -0.250.